The smallest absolute Gasteiger partial charge is 0.294 e. The van der Waals surface area contributed by atoms with Crippen LogP contribution in [0.15, 0.2) is 75.7 Å². The van der Waals surface area contributed by atoms with E-state index in [4.69, 9.17) is 5.26 Å². The van der Waals surface area contributed by atoms with Gasteiger partial charge in [0.05, 0.1) is 28.4 Å². The van der Waals surface area contributed by atoms with Crippen molar-refractivity contribution in [1.82, 2.24) is 0 Å². The molecule has 17 heteroatoms. The molecule has 2 aromatic carbocycles. The van der Waals surface area contributed by atoms with Gasteiger partial charge in [0.2, 0.25) is 0 Å². The van der Waals surface area contributed by atoms with E-state index in [9.17, 15) is 38.9 Å². The Kier molecular flexibility index (Phi) is 13.1. The van der Waals surface area contributed by atoms with Crippen molar-refractivity contribution >= 4 is 53.7 Å². The summed E-state index contributed by atoms with van der Waals surface area (Å²) in [7, 11) is -12.7. The van der Waals surface area contributed by atoms with Crippen LogP contribution in [0.1, 0.15) is 89.3 Å². The van der Waals surface area contributed by atoms with Crippen molar-refractivity contribution in [1.29, 1.82) is 0 Å². The maximum absolute atomic E-state index is 12.1. The summed E-state index contributed by atoms with van der Waals surface area (Å²) < 4.78 is 103. The number of allylic oxidation sites excluding steroid dienone is 6. The van der Waals surface area contributed by atoms with Gasteiger partial charge in [0.25, 0.3) is 30.4 Å². The minimum atomic E-state index is -4.49. The third-order valence-corrected chi connectivity index (χ3v) is 13.1. The summed E-state index contributed by atoms with van der Waals surface area (Å²) in [6, 6.07) is 10.2. The number of rotatable bonds is 18. The first-order valence-electron chi connectivity index (χ1n) is 16.5. The van der Waals surface area contributed by atoms with Crippen molar-refractivity contribution in [2.45, 2.75) is 93.3 Å². The lowest BCUT2D eigenvalue weighted by Crippen LogP contribution is -2.29. The van der Waals surface area contributed by atoms with Gasteiger partial charge in [-0.05, 0) is 116 Å². The van der Waals surface area contributed by atoms with Gasteiger partial charge in [0.15, 0.2) is 0 Å². The molecule has 51 heavy (non-hydrogen) atoms. The van der Waals surface area contributed by atoms with Crippen molar-refractivity contribution < 1.29 is 53.5 Å². The number of nitrogens with zero attached hydrogens (tertiary/aromatic N) is 1. The SMILES string of the molecule is CCC1(C)C(C=C/C=C2/N(CCCCS(=O)(=O)O)c3ccc(S(=O)(=O)O)cc3C2(C)CC)=C(CCCCS(=O)(=O)O)c2ccc(SOOO)cc21. The summed E-state index contributed by atoms with van der Waals surface area (Å²) in [6.07, 6.45) is 9.09. The average Bonchev–Trinajstić information content (AvgIpc) is 3.43. The van der Waals surface area contributed by atoms with E-state index in [0.717, 1.165) is 45.7 Å². The molecule has 2 atom stereocenters. The molecule has 4 rings (SSSR count). The van der Waals surface area contributed by atoms with Crippen LogP contribution in [0.4, 0.5) is 5.69 Å². The highest BCUT2D eigenvalue weighted by molar-refractivity contribution is 7.94. The lowest BCUT2D eigenvalue weighted by Gasteiger charge is -2.30. The fourth-order valence-corrected chi connectivity index (χ4v) is 9.13. The van der Waals surface area contributed by atoms with Gasteiger partial charge in [0.1, 0.15) is 0 Å². The minimum Gasteiger partial charge on any atom is -0.344 e. The standard InChI is InChI=1S/C34H45NO12S4/c1-5-33(3)28(26(12-7-9-20-49(37,38)39)27-17-15-24(22-29(27)33)48-47-46-36)13-11-14-32-34(4,6-2)30-23-25(51(43,44)45)16-18-31(30)35(32)19-8-10-21-50(40,41)42/h11,13-18,22-23,36H,5-10,12,19-21H2,1-4H3,(H,37,38,39)(H,40,41,42)(H,43,44,45)/b13-11?,32-14+. The van der Waals surface area contributed by atoms with E-state index in [1.807, 2.05) is 55.2 Å². The molecular formula is C34H45NO12S4. The molecule has 0 saturated heterocycles. The summed E-state index contributed by atoms with van der Waals surface area (Å²) in [6.45, 7) is 8.51. The topological polar surface area (TPSA) is 205 Å². The zero-order valence-electron chi connectivity index (χ0n) is 28.9. The third kappa shape index (κ3) is 9.51. The Morgan fingerprint density at radius 3 is 2.06 bits per heavy atom. The number of hydrogen-bond acceptors (Lipinski definition) is 11. The highest BCUT2D eigenvalue weighted by Gasteiger charge is 2.43. The highest BCUT2D eigenvalue weighted by Crippen LogP contribution is 2.53. The van der Waals surface area contributed by atoms with Crippen LogP contribution in [0.25, 0.3) is 5.57 Å². The van der Waals surface area contributed by atoms with Crippen LogP contribution in [0.3, 0.4) is 0 Å². The van der Waals surface area contributed by atoms with E-state index in [1.54, 1.807) is 6.07 Å². The molecule has 1 heterocycles. The molecule has 1 aliphatic heterocycles. The largest absolute Gasteiger partial charge is 0.344 e. The number of unbranched alkanes of at least 4 members (excludes halogenated alkanes) is 2. The average molecular weight is 788 g/mol. The van der Waals surface area contributed by atoms with Crippen molar-refractivity contribution in [3.05, 3.63) is 82.6 Å². The first kappa shape index (κ1) is 41.2. The predicted molar refractivity (Wildman–Crippen MR) is 196 cm³/mol. The lowest BCUT2D eigenvalue weighted by atomic mass is 9.76. The van der Waals surface area contributed by atoms with Gasteiger partial charge in [-0.3, -0.25) is 13.7 Å². The van der Waals surface area contributed by atoms with Crippen LogP contribution in [0.2, 0.25) is 0 Å². The number of hydrogen-bond donors (Lipinski definition) is 4. The van der Waals surface area contributed by atoms with Gasteiger partial charge in [-0.15, -0.1) is 4.33 Å². The quantitative estimate of drug-likeness (QED) is 0.0390. The Morgan fingerprint density at radius 1 is 0.824 bits per heavy atom. The lowest BCUT2D eigenvalue weighted by molar-refractivity contribution is -0.432. The first-order valence-corrected chi connectivity index (χ1v) is 21.9. The molecule has 0 spiro atoms. The second kappa shape index (κ2) is 16.2. The molecule has 0 amide bonds. The Labute approximate surface area is 304 Å². The van der Waals surface area contributed by atoms with Gasteiger partial charge < -0.3 is 4.90 Å². The Balaban J connectivity index is 1.81. The second-order valence-corrected chi connectivity index (χ2v) is 18.5. The fraction of sp³-hybridized carbons (Fsp3) is 0.471. The molecule has 13 nitrogen and oxygen atoms in total. The molecule has 0 radical (unpaired) electrons. The summed E-state index contributed by atoms with van der Waals surface area (Å²) in [5.74, 6) is -0.741. The molecule has 0 fully saturated rings. The number of benzene rings is 2. The summed E-state index contributed by atoms with van der Waals surface area (Å²) >= 11 is 0.848. The van der Waals surface area contributed by atoms with E-state index in [0.29, 0.717) is 49.1 Å². The van der Waals surface area contributed by atoms with Gasteiger partial charge in [0, 0.05) is 33.7 Å². The molecule has 2 aromatic rings. The summed E-state index contributed by atoms with van der Waals surface area (Å²) in [4.78, 5) is 2.47. The molecule has 2 unspecified atom stereocenters. The maximum Gasteiger partial charge on any atom is 0.294 e. The zero-order valence-corrected chi connectivity index (χ0v) is 32.2. The summed E-state index contributed by atoms with van der Waals surface area (Å²) in [5, 5.41) is 12.5. The number of anilines is 1. The van der Waals surface area contributed by atoms with Crippen molar-refractivity contribution in [3.63, 3.8) is 0 Å². The normalized spacial score (nSPS) is 21.6. The highest BCUT2D eigenvalue weighted by atomic mass is 32.2. The molecule has 0 aromatic heterocycles. The van der Waals surface area contributed by atoms with Crippen molar-refractivity contribution in [2.24, 2.45) is 0 Å². The Morgan fingerprint density at radius 2 is 1.47 bits per heavy atom. The molecular weight excluding hydrogens is 743 g/mol. The van der Waals surface area contributed by atoms with Gasteiger partial charge >= 0.3 is 0 Å². The Bertz CT molecular complexity index is 2040. The van der Waals surface area contributed by atoms with Crippen LogP contribution in [-0.2, 0) is 50.6 Å². The molecule has 1 aliphatic carbocycles. The Hall–Kier alpha value is -2.58. The molecule has 0 saturated carbocycles. The molecule has 4 N–H and O–H groups in total. The van der Waals surface area contributed by atoms with Gasteiger partial charge in [-0.1, -0.05) is 44.0 Å². The predicted octanol–water partition coefficient (Wildman–Crippen LogP) is 7.15. The monoisotopic (exact) mass is 787 g/mol. The fourth-order valence-electron chi connectivity index (χ4n) is 7.09. The zero-order chi connectivity index (χ0) is 37.8. The molecule has 282 valence electrons. The van der Waals surface area contributed by atoms with E-state index in [-0.39, 0.29) is 23.5 Å². The molecule has 0 bridgehead atoms. The number of fused-ring (bicyclic) bond motifs is 2. The van der Waals surface area contributed by atoms with Crippen LogP contribution in [0.5, 0.6) is 0 Å². The van der Waals surface area contributed by atoms with Crippen LogP contribution in [0, 0.1) is 0 Å². The van der Waals surface area contributed by atoms with E-state index in [1.165, 1.54) is 12.1 Å². The van der Waals surface area contributed by atoms with Crippen molar-refractivity contribution in [2.75, 3.05) is 23.0 Å². The first-order chi connectivity index (χ1) is 23.8. The van der Waals surface area contributed by atoms with E-state index in [2.05, 4.69) is 23.2 Å². The van der Waals surface area contributed by atoms with Crippen LogP contribution in [-0.4, -0.2) is 62.2 Å². The van der Waals surface area contributed by atoms with Gasteiger partial charge in [-0.25, -0.2) is 5.26 Å². The second-order valence-electron chi connectivity index (χ2n) is 13.1. The van der Waals surface area contributed by atoms with Crippen molar-refractivity contribution in [3.8, 4) is 0 Å². The van der Waals surface area contributed by atoms with E-state index >= 15 is 0 Å². The molecule has 2 aliphatic rings. The minimum absolute atomic E-state index is 0.205. The van der Waals surface area contributed by atoms with Crippen LogP contribution < -0.4 is 4.90 Å². The van der Waals surface area contributed by atoms with Gasteiger partial charge in [-0.2, -0.15) is 25.3 Å². The third-order valence-electron chi connectivity index (χ3n) is 10.0. The maximum atomic E-state index is 12.1. The summed E-state index contributed by atoms with van der Waals surface area (Å²) in [5.41, 5.74) is 5.10. The van der Waals surface area contributed by atoms with E-state index < -0.39 is 46.9 Å². The van der Waals surface area contributed by atoms with Crippen LogP contribution >= 0.6 is 12.0 Å².